The first-order valence-electron chi connectivity index (χ1n) is 17.9. The van der Waals surface area contributed by atoms with Crippen LogP contribution >= 0.6 is 0 Å². The molecule has 0 saturated heterocycles. The predicted molar refractivity (Wildman–Crippen MR) is 217 cm³/mol. The molecule has 1 aliphatic rings. The van der Waals surface area contributed by atoms with Crippen molar-refractivity contribution in [2.75, 3.05) is 4.90 Å². The molecule has 0 bridgehead atoms. The molecular formula is C50H39N. The van der Waals surface area contributed by atoms with Gasteiger partial charge >= 0.3 is 0 Å². The van der Waals surface area contributed by atoms with Crippen LogP contribution in [0.1, 0.15) is 30.5 Å². The average Bonchev–Trinajstić information content (AvgIpc) is 3.42. The minimum absolute atomic E-state index is 0.106. The van der Waals surface area contributed by atoms with Gasteiger partial charge in [0.25, 0.3) is 0 Å². The van der Waals surface area contributed by atoms with Gasteiger partial charge in [0, 0.05) is 22.4 Å². The van der Waals surface area contributed by atoms with Crippen molar-refractivity contribution in [3.05, 3.63) is 199 Å². The number of anilines is 3. The van der Waals surface area contributed by atoms with Crippen molar-refractivity contribution < 1.29 is 0 Å². The van der Waals surface area contributed by atoms with Crippen LogP contribution in [0.5, 0.6) is 0 Å². The third-order valence-corrected chi connectivity index (χ3v) is 10.8. The number of hydrogen-bond donors (Lipinski definition) is 0. The maximum Gasteiger partial charge on any atom is 0.0540 e. The van der Waals surface area contributed by atoms with E-state index < -0.39 is 0 Å². The lowest BCUT2D eigenvalue weighted by Crippen LogP contribution is -2.17. The molecule has 0 atom stereocenters. The summed E-state index contributed by atoms with van der Waals surface area (Å²) in [7, 11) is 0. The Labute approximate surface area is 301 Å². The zero-order valence-corrected chi connectivity index (χ0v) is 29.3. The summed E-state index contributed by atoms with van der Waals surface area (Å²) in [5.41, 5.74) is 17.5. The number of nitrogens with zero attached hydrogens (tertiary/aromatic N) is 1. The normalized spacial score (nSPS) is 12.8. The van der Waals surface area contributed by atoms with Gasteiger partial charge in [0.2, 0.25) is 0 Å². The predicted octanol–water partition coefficient (Wildman–Crippen LogP) is 13.9. The molecule has 0 aromatic heterocycles. The van der Waals surface area contributed by atoms with Gasteiger partial charge in [-0.05, 0) is 104 Å². The van der Waals surface area contributed by atoms with Gasteiger partial charge in [0.15, 0.2) is 0 Å². The number of benzene rings is 8. The van der Waals surface area contributed by atoms with E-state index in [0.29, 0.717) is 0 Å². The Morgan fingerprint density at radius 2 is 1.04 bits per heavy atom. The molecule has 1 nitrogen and oxygen atoms in total. The van der Waals surface area contributed by atoms with Gasteiger partial charge in [-0.1, -0.05) is 166 Å². The van der Waals surface area contributed by atoms with Gasteiger partial charge in [0.1, 0.15) is 0 Å². The molecule has 0 unspecified atom stereocenters. The third-order valence-electron chi connectivity index (χ3n) is 10.8. The van der Waals surface area contributed by atoms with E-state index in [0.717, 1.165) is 17.1 Å². The standard InChI is InChI=1S/C50H39N/c1-34-15-14-23-45-48(34)44-32-30-40(33-46(44)50(45,2)3)51(47-24-13-12-21-41(47)35-16-6-4-7-17-35)39-28-25-37(26-29-39)43-31-27-36-18-10-11-22-42(36)49(43)38-19-8-5-9-20-38/h4-33H,1-3H3. The molecule has 51 heavy (non-hydrogen) atoms. The molecule has 0 N–H and O–H groups in total. The summed E-state index contributed by atoms with van der Waals surface area (Å²) in [6, 6.07) is 66.5. The van der Waals surface area contributed by atoms with Crippen LogP contribution in [-0.2, 0) is 5.41 Å². The Hall–Kier alpha value is -6.18. The van der Waals surface area contributed by atoms with E-state index in [9.17, 15) is 0 Å². The molecule has 8 aromatic carbocycles. The number of fused-ring (bicyclic) bond motifs is 4. The second kappa shape index (κ2) is 12.3. The van der Waals surface area contributed by atoms with Crippen molar-refractivity contribution in [3.8, 4) is 44.5 Å². The van der Waals surface area contributed by atoms with Gasteiger partial charge in [-0.15, -0.1) is 0 Å². The SMILES string of the molecule is Cc1cccc2c1-c1ccc(N(c3ccc(-c4ccc5ccccc5c4-c4ccccc4)cc3)c3ccccc3-c3ccccc3)cc1C2(C)C. The summed E-state index contributed by atoms with van der Waals surface area (Å²) in [5, 5.41) is 2.51. The van der Waals surface area contributed by atoms with Crippen molar-refractivity contribution in [1.29, 1.82) is 0 Å². The van der Waals surface area contributed by atoms with Crippen LogP contribution in [0.2, 0.25) is 0 Å². The van der Waals surface area contributed by atoms with Crippen LogP contribution in [0.4, 0.5) is 17.1 Å². The van der Waals surface area contributed by atoms with E-state index in [1.807, 2.05) is 0 Å². The van der Waals surface area contributed by atoms with Crippen LogP contribution < -0.4 is 4.90 Å². The Bertz CT molecular complexity index is 2540. The highest BCUT2D eigenvalue weighted by Gasteiger charge is 2.36. The van der Waals surface area contributed by atoms with Crippen molar-refractivity contribution in [2.24, 2.45) is 0 Å². The molecule has 9 rings (SSSR count). The van der Waals surface area contributed by atoms with Gasteiger partial charge in [-0.3, -0.25) is 0 Å². The quantitative estimate of drug-likeness (QED) is 0.173. The molecule has 0 radical (unpaired) electrons. The lowest BCUT2D eigenvalue weighted by atomic mass is 9.82. The summed E-state index contributed by atoms with van der Waals surface area (Å²) < 4.78 is 0. The molecule has 0 aliphatic heterocycles. The van der Waals surface area contributed by atoms with Crippen LogP contribution in [0, 0.1) is 6.92 Å². The molecular weight excluding hydrogens is 615 g/mol. The maximum absolute atomic E-state index is 2.44. The lowest BCUT2D eigenvalue weighted by molar-refractivity contribution is 0.660. The number of aryl methyl sites for hydroxylation is 1. The van der Waals surface area contributed by atoms with Crippen molar-refractivity contribution >= 4 is 27.8 Å². The van der Waals surface area contributed by atoms with E-state index in [-0.39, 0.29) is 5.41 Å². The van der Waals surface area contributed by atoms with E-state index in [1.54, 1.807) is 0 Å². The van der Waals surface area contributed by atoms with Crippen molar-refractivity contribution in [2.45, 2.75) is 26.2 Å². The highest BCUT2D eigenvalue weighted by molar-refractivity contribution is 6.04. The van der Waals surface area contributed by atoms with Crippen molar-refractivity contribution in [3.63, 3.8) is 0 Å². The molecule has 1 aliphatic carbocycles. The number of rotatable bonds is 6. The van der Waals surface area contributed by atoms with Crippen molar-refractivity contribution in [1.82, 2.24) is 0 Å². The minimum Gasteiger partial charge on any atom is -0.310 e. The smallest absolute Gasteiger partial charge is 0.0540 e. The van der Waals surface area contributed by atoms with Gasteiger partial charge < -0.3 is 4.90 Å². The molecule has 0 fully saturated rings. The summed E-state index contributed by atoms with van der Waals surface area (Å²) in [5.74, 6) is 0. The number of hydrogen-bond acceptors (Lipinski definition) is 1. The Morgan fingerprint density at radius 3 is 1.82 bits per heavy atom. The van der Waals surface area contributed by atoms with Crippen LogP contribution in [-0.4, -0.2) is 0 Å². The summed E-state index contributed by atoms with van der Waals surface area (Å²) in [4.78, 5) is 2.44. The zero-order valence-electron chi connectivity index (χ0n) is 29.3. The second-order valence-electron chi connectivity index (χ2n) is 14.2. The summed E-state index contributed by atoms with van der Waals surface area (Å²) in [6.45, 7) is 6.97. The van der Waals surface area contributed by atoms with E-state index in [2.05, 4.69) is 208 Å². The average molecular weight is 654 g/mol. The van der Waals surface area contributed by atoms with Gasteiger partial charge in [0.05, 0.1) is 5.69 Å². The molecule has 8 aromatic rings. The first-order chi connectivity index (χ1) is 25.0. The fraction of sp³-hybridized carbons (Fsp3) is 0.0800. The number of para-hydroxylation sites is 1. The lowest BCUT2D eigenvalue weighted by Gasteiger charge is -2.30. The Morgan fingerprint density at radius 1 is 0.412 bits per heavy atom. The van der Waals surface area contributed by atoms with Crippen LogP contribution in [0.15, 0.2) is 182 Å². The zero-order chi connectivity index (χ0) is 34.5. The molecule has 0 spiro atoms. The molecule has 0 saturated carbocycles. The summed E-state index contributed by atoms with van der Waals surface area (Å²) >= 11 is 0. The highest BCUT2D eigenvalue weighted by atomic mass is 15.1. The monoisotopic (exact) mass is 653 g/mol. The Kier molecular flexibility index (Phi) is 7.44. The minimum atomic E-state index is -0.106. The largest absolute Gasteiger partial charge is 0.310 e. The topological polar surface area (TPSA) is 3.24 Å². The molecule has 244 valence electrons. The van der Waals surface area contributed by atoms with E-state index in [1.165, 1.54) is 72.0 Å². The highest BCUT2D eigenvalue weighted by Crippen LogP contribution is 2.52. The van der Waals surface area contributed by atoms with Gasteiger partial charge in [-0.2, -0.15) is 0 Å². The first kappa shape index (κ1) is 30.8. The third kappa shape index (κ3) is 5.16. The molecule has 1 heteroatoms. The first-order valence-corrected chi connectivity index (χ1v) is 17.9. The molecule has 0 heterocycles. The van der Waals surface area contributed by atoms with E-state index in [4.69, 9.17) is 0 Å². The van der Waals surface area contributed by atoms with E-state index >= 15 is 0 Å². The second-order valence-corrected chi connectivity index (χ2v) is 14.2. The Balaban J connectivity index is 1.22. The van der Waals surface area contributed by atoms with Crippen LogP contribution in [0.3, 0.4) is 0 Å². The van der Waals surface area contributed by atoms with Gasteiger partial charge in [-0.25, -0.2) is 0 Å². The molecule has 0 amide bonds. The fourth-order valence-electron chi connectivity index (χ4n) is 8.27. The maximum atomic E-state index is 2.44. The summed E-state index contributed by atoms with van der Waals surface area (Å²) in [6.07, 6.45) is 0. The fourth-order valence-corrected chi connectivity index (χ4v) is 8.27. The van der Waals surface area contributed by atoms with Crippen LogP contribution in [0.25, 0.3) is 55.3 Å².